The summed E-state index contributed by atoms with van der Waals surface area (Å²) in [7, 11) is 0. The van der Waals surface area contributed by atoms with Gasteiger partial charge in [0.2, 0.25) is 0 Å². The molecule has 0 spiro atoms. The normalized spacial score (nSPS) is 27.2. The van der Waals surface area contributed by atoms with E-state index in [4.69, 9.17) is 4.74 Å². The van der Waals surface area contributed by atoms with Crippen molar-refractivity contribution in [2.24, 2.45) is 11.8 Å². The van der Waals surface area contributed by atoms with Crippen LogP contribution in [0.5, 0.6) is 0 Å². The fourth-order valence-electron chi connectivity index (χ4n) is 3.66. The Morgan fingerprint density at radius 1 is 1.17 bits per heavy atom. The second-order valence-electron chi connectivity index (χ2n) is 5.85. The molecule has 1 aliphatic carbocycles. The number of aliphatic hydroxyl groups excluding tert-OH is 1. The first-order valence-electron chi connectivity index (χ1n) is 7.95. The molecule has 0 aromatic rings. The van der Waals surface area contributed by atoms with Crippen molar-refractivity contribution in [3.8, 4) is 0 Å². The average Bonchev–Trinajstić information content (AvgIpc) is 2.44. The Morgan fingerprint density at radius 3 is 2.33 bits per heavy atom. The summed E-state index contributed by atoms with van der Waals surface area (Å²) in [4.78, 5) is 0. The molecular formula is C16H32O2. The molecule has 18 heavy (non-hydrogen) atoms. The van der Waals surface area contributed by atoms with Crippen LogP contribution in [0.4, 0.5) is 0 Å². The number of hydrogen-bond donors (Lipinski definition) is 1. The van der Waals surface area contributed by atoms with Crippen LogP contribution in [0.1, 0.15) is 72.6 Å². The Morgan fingerprint density at radius 2 is 1.83 bits per heavy atom. The van der Waals surface area contributed by atoms with E-state index < -0.39 is 0 Å². The first kappa shape index (κ1) is 16.0. The highest BCUT2D eigenvalue weighted by Gasteiger charge is 2.41. The van der Waals surface area contributed by atoms with Gasteiger partial charge in [0.1, 0.15) is 0 Å². The van der Waals surface area contributed by atoms with Gasteiger partial charge in [-0.3, -0.25) is 0 Å². The van der Waals surface area contributed by atoms with Gasteiger partial charge in [-0.25, -0.2) is 0 Å². The molecule has 2 nitrogen and oxygen atoms in total. The van der Waals surface area contributed by atoms with Crippen LogP contribution in [-0.2, 0) is 4.74 Å². The molecule has 2 heteroatoms. The fraction of sp³-hybridized carbons (Fsp3) is 1.00. The largest absolute Gasteiger partial charge is 0.390 e. The van der Waals surface area contributed by atoms with Gasteiger partial charge in [-0.15, -0.1) is 0 Å². The number of hydrogen-bond acceptors (Lipinski definition) is 2. The van der Waals surface area contributed by atoms with E-state index in [1.54, 1.807) is 0 Å². The molecule has 108 valence electrons. The van der Waals surface area contributed by atoms with Crippen LogP contribution in [0.2, 0.25) is 0 Å². The van der Waals surface area contributed by atoms with E-state index in [-0.39, 0.29) is 11.7 Å². The molecule has 0 aromatic carbocycles. The van der Waals surface area contributed by atoms with Crippen molar-refractivity contribution in [2.45, 2.75) is 84.3 Å². The van der Waals surface area contributed by atoms with E-state index >= 15 is 0 Å². The van der Waals surface area contributed by atoms with Crippen LogP contribution < -0.4 is 0 Å². The standard InChI is InChI=1S/C16H32O2/c1-5-13-10-9-11-14(12-13)15(17)16(6-2,7-3)18-8-4/h13-15,17H,5-12H2,1-4H3. The van der Waals surface area contributed by atoms with E-state index in [1.807, 2.05) is 6.92 Å². The maximum Gasteiger partial charge on any atom is 0.0937 e. The van der Waals surface area contributed by atoms with Crippen molar-refractivity contribution in [3.05, 3.63) is 0 Å². The third-order valence-corrected chi connectivity index (χ3v) is 5.01. The quantitative estimate of drug-likeness (QED) is 0.741. The molecule has 1 fully saturated rings. The minimum absolute atomic E-state index is 0.290. The van der Waals surface area contributed by atoms with Crippen molar-refractivity contribution >= 4 is 0 Å². The molecule has 1 N–H and O–H groups in total. The molecule has 0 bridgehead atoms. The van der Waals surface area contributed by atoms with Gasteiger partial charge in [0.05, 0.1) is 11.7 Å². The molecule has 1 rings (SSSR count). The topological polar surface area (TPSA) is 29.5 Å². The average molecular weight is 256 g/mol. The maximum absolute atomic E-state index is 10.8. The van der Waals surface area contributed by atoms with Crippen molar-refractivity contribution in [3.63, 3.8) is 0 Å². The van der Waals surface area contributed by atoms with Crippen LogP contribution in [0.25, 0.3) is 0 Å². The van der Waals surface area contributed by atoms with Crippen molar-refractivity contribution in [2.75, 3.05) is 6.61 Å². The summed E-state index contributed by atoms with van der Waals surface area (Å²) < 4.78 is 5.96. The van der Waals surface area contributed by atoms with Gasteiger partial charge >= 0.3 is 0 Å². The molecule has 0 amide bonds. The molecule has 0 radical (unpaired) electrons. The van der Waals surface area contributed by atoms with Crippen molar-refractivity contribution < 1.29 is 9.84 Å². The Balaban J connectivity index is 2.72. The predicted molar refractivity (Wildman–Crippen MR) is 76.7 cm³/mol. The second-order valence-corrected chi connectivity index (χ2v) is 5.85. The van der Waals surface area contributed by atoms with E-state index in [0.717, 1.165) is 18.8 Å². The summed E-state index contributed by atoms with van der Waals surface area (Å²) in [6.45, 7) is 9.28. The summed E-state index contributed by atoms with van der Waals surface area (Å²) in [6, 6.07) is 0. The van der Waals surface area contributed by atoms with Gasteiger partial charge in [0.15, 0.2) is 0 Å². The smallest absolute Gasteiger partial charge is 0.0937 e. The first-order chi connectivity index (χ1) is 8.63. The Hall–Kier alpha value is -0.0800. The lowest BCUT2D eigenvalue weighted by atomic mass is 9.72. The second kappa shape index (κ2) is 7.49. The predicted octanol–water partition coefficient (Wildman–Crippen LogP) is 4.16. The summed E-state index contributed by atoms with van der Waals surface area (Å²) >= 11 is 0. The van der Waals surface area contributed by atoms with Gasteiger partial charge in [-0.1, -0.05) is 40.0 Å². The summed E-state index contributed by atoms with van der Waals surface area (Å²) in [5.74, 6) is 1.25. The highest BCUT2D eigenvalue weighted by atomic mass is 16.5. The van der Waals surface area contributed by atoms with Gasteiger partial charge in [-0.05, 0) is 44.4 Å². The molecule has 0 aromatic heterocycles. The van der Waals surface area contributed by atoms with Gasteiger partial charge < -0.3 is 9.84 Å². The minimum Gasteiger partial charge on any atom is -0.390 e. The summed E-state index contributed by atoms with van der Waals surface area (Å²) in [5, 5.41) is 10.8. The zero-order valence-electron chi connectivity index (χ0n) is 12.7. The molecule has 1 aliphatic rings. The highest BCUT2D eigenvalue weighted by Crippen LogP contribution is 2.39. The lowest BCUT2D eigenvalue weighted by Gasteiger charge is -2.42. The molecule has 3 unspecified atom stereocenters. The van der Waals surface area contributed by atoms with Gasteiger partial charge in [0.25, 0.3) is 0 Å². The van der Waals surface area contributed by atoms with E-state index in [0.29, 0.717) is 12.5 Å². The number of aliphatic hydroxyl groups is 1. The van der Waals surface area contributed by atoms with Crippen LogP contribution in [0, 0.1) is 11.8 Å². The van der Waals surface area contributed by atoms with Crippen LogP contribution in [0.3, 0.4) is 0 Å². The Bertz CT molecular complexity index is 223. The third-order valence-electron chi connectivity index (χ3n) is 5.01. The zero-order chi connectivity index (χ0) is 13.6. The molecule has 1 saturated carbocycles. The number of rotatable bonds is 7. The molecule has 3 atom stereocenters. The lowest BCUT2D eigenvalue weighted by Crippen LogP contribution is -2.49. The van der Waals surface area contributed by atoms with E-state index in [2.05, 4.69) is 20.8 Å². The van der Waals surface area contributed by atoms with Gasteiger partial charge in [-0.2, -0.15) is 0 Å². The lowest BCUT2D eigenvalue weighted by molar-refractivity contribution is -0.150. The molecule has 0 aliphatic heterocycles. The fourth-order valence-corrected chi connectivity index (χ4v) is 3.66. The van der Waals surface area contributed by atoms with Crippen LogP contribution in [-0.4, -0.2) is 23.4 Å². The summed E-state index contributed by atoms with van der Waals surface area (Å²) in [5.41, 5.74) is -0.310. The Labute approximate surface area is 113 Å². The highest BCUT2D eigenvalue weighted by molar-refractivity contribution is 4.92. The van der Waals surface area contributed by atoms with Gasteiger partial charge in [0, 0.05) is 6.61 Å². The van der Waals surface area contributed by atoms with Crippen molar-refractivity contribution in [1.29, 1.82) is 0 Å². The minimum atomic E-state index is -0.310. The zero-order valence-corrected chi connectivity index (χ0v) is 12.7. The first-order valence-corrected chi connectivity index (χ1v) is 7.95. The van der Waals surface area contributed by atoms with Crippen molar-refractivity contribution in [1.82, 2.24) is 0 Å². The monoisotopic (exact) mass is 256 g/mol. The summed E-state index contributed by atoms with van der Waals surface area (Å²) in [6.07, 6.45) is 7.76. The molecule has 0 heterocycles. The molecule has 0 saturated heterocycles. The van der Waals surface area contributed by atoms with Crippen LogP contribution >= 0.6 is 0 Å². The maximum atomic E-state index is 10.8. The van der Waals surface area contributed by atoms with E-state index in [1.165, 1.54) is 32.1 Å². The Kier molecular flexibility index (Phi) is 6.65. The van der Waals surface area contributed by atoms with Crippen LogP contribution in [0.15, 0.2) is 0 Å². The number of ether oxygens (including phenoxy) is 1. The van der Waals surface area contributed by atoms with E-state index in [9.17, 15) is 5.11 Å². The molecular weight excluding hydrogens is 224 g/mol. The SMILES string of the molecule is CCOC(CC)(CC)C(O)C1CCCC(CC)C1. The third kappa shape index (κ3) is 3.48.